The van der Waals surface area contributed by atoms with Gasteiger partial charge in [-0.3, -0.25) is 19.2 Å². The van der Waals surface area contributed by atoms with Gasteiger partial charge in [-0.05, 0) is 0 Å². The number of nitrogens with two attached hydrogens (primary N) is 2. The number of aliphatic carboxylic acids is 4. The highest BCUT2D eigenvalue weighted by Gasteiger charge is 1.77. The van der Waals surface area contributed by atoms with Crippen LogP contribution in [0.1, 0.15) is 27.7 Å². The molecule has 0 aromatic heterocycles. The van der Waals surface area contributed by atoms with Crippen LogP contribution in [-0.2, 0) is 19.2 Å². The fraction of sp³-hybridized carbons (Fsp3) is 0.455. The normalized spacial score (nSPS) is 7.77. The second-order valence-corrected chi connectivity index (χ2v) is 2.94. The van der Waals surface area contributed by atoms with Crippen LogP contribution in [0, 0.1) is 0 Å². The first-order valence-corrected chi connectivity index (χ1v) is 5.32. The number of rotatable bonds is 1. The van der Waals surface area contributed by atoms with Crippen LogP contribution in [0.4, 0.5) is 0 Å². The van der Waals surface area contributed by atoms with Crippen molar-refractivity contribution in [2.24, 2.45) is 11.5 Å². The van der Waals surface area contributed by atoms with Gasteiger partial charge in [0.05, 0.1) is 6.54 Å². The molecule has 0 aliphatic rings. The first-order valence-electron chi connectivity index (χ1n) is 5.32. The number of carboxylic acids is 4. The summed E-state index contributed by atoms with van der Waals surface area (Å²) in [6.45, 7) is 4.45. The molecule has 0 bridgehead atoms. The molecule has 0 amide bonds. The van der Waals surface area contributed by atoms with Gasteiger partial charge in [0.2, 0.25) is 0 Å². The molecule has 22 heavy (non-hydrogen) atoms. The Labute approximate surface area is 127 Å². The van der Waals surface area contributed by atoms with E-state index in [9.17, 15) is 0 Å². The minimum atomic E-state index is -0.833. The van der Waals surface area contributed by atoms with Crippen molar-refractivity contribution < 1.29 is 44.7 Å². The van der Waals surface area contributed by atoms with Gasteiger partial charge in [0, 0.05) is 33.9 Å². The van der Waals surface area contributed by atoms with E-state index in [2.05, 4.69) is 0 Å². The Balaban J connectivity index is -0.0000000555. The molecule has 0 saturated carbocycles. The Morgan fingerprint density at radius 3 is 0.864 bits per heavy atom. The molecule has 9 N–H and O–H groups in total. The lowest BCUT2D eigenvalue weighted by Crippen LogP contribution is -2.03. The highest BCUT2D eigenvalue weighted by Crippen LogP contribution is 1.72. The minimum Gasteiger partial charge on any atom is -0.509 e. The number of aliphatic hydroxyl groups is 1. The van der Waals surface area contributed by atoms with E-state index in [1.807, 2.05) is 0 Å². The van der Waals surface area contributed by atoms with Crippen LogP contribution in [0.15, 0.2) is 12.0 Å². The largest absolute Gasteiger partial charge is 0.509 e. The van der Waals surface area contributed by atoms with Crippen molar-refractivity contribution in [1.29, 1.82) is 0 Å². The molecule has 0 aromatic rings. The summed E-state index contributed by atoms with van der Waals surface area (Å²) in [6.07, 6.45) is 1.07. The van der Waals surface area contributed by atoms with Gasteiger partial charge in [0.1, 0.15) is 5.76 Å². The first kappa shape index (κ1) is 31.5. The van der Waals surface area contributed by atoms with E-state index in [4.69, 9.17) is 56.2 Å². The van der Waals surface area contributed by atoms with Crippen molar-refractivity contribution in [3.8, 4) is 0 Å². The molecule has 0 saturated heterocycles. The SMILES string of the molecule is CC(=O)O.CC(=O)O.CC(=O)O.CC(=O)O.NC=C(O)CN. The van der Waals surface area contributed by atoms with Gasteiger partial charge in [0.25, 0.3) is 23.9 Å². The van der Waals surface area contributed by atoms with Gasteiger partial charge in [-0.25, -0.2) is 0 Å². The number of hydrogen-bond donors (Lipinski definition) is 7. The highest BCUT2D eigenvalue weighted by molar-refractivity contribution is 5.63. The van der Waals surface area contributed by atoms with Gasteiger partial charge in [-0.15, -0.1) is 0 Å². The second-order valence-electron chi connectivity index (χ2n) is 2.94. The van der Waals surface area contributed by atoms with Crippen LogP contribution in [0.5, 0.6) is 0 Å². The smallest absolute Gasteiger partial charge is 0.300 e. The van der Waals surface area contributed by atoms with E-state index in [1.165, 1.54) is 0 Å². The number of hydrogen-bond acceptors (Lipinski definition) is 7. The first-order chi connectivity index (χ1) is 9.74. The standard InChI is InChI=1S/C3H8N2O.4C2H4O2/c4-1-3(6)2-5;4*1-2(3)4/h1,6H,2,4-5H2;4*1H3,(H,3,4). The fourth-order valence-electron chi connectivity index (χ4n) is 0.0680. The summed E-state index contributed by atoms with van der Waals surface area (Å²) < 4.78 is 0. The zero-order valence-corrected chi connectivity index (χ0v) is 12.8. The molecule has 0 atom stereocenters. The zero-order chi connectivity index (χ0) is 19.3. The third-order valence-electron chi connectivity index (χ3n) is 0.402. The molecule has 0 spiro atoms. The average Bonchev–Trinajstić information content (AvgIpc) is 2.24. The van der Waals surface area contributed by atoms with Crippen molar-refractivity contribution in [2.45, 2.75) is 27.7 Å². The van der Waals surface area contributed by atoms with Crippen molar-refractivity contribution in [3.63, 3.8) is 0 Å². The lowest BCUT2D eigenvalue weighted by molar-refractivity contribution is -0.135. The highest BCUT2D eigenvalue weighted by atomic mass is 16.4. The van der Waals surface area contributed by atoms with Crippen LogP contribution in [-0.4, -0.2) is 56.0 Å². The molecule has 0 aliphatic carbocycles. The van der Waals surface area contributed by atoms with Crippen LogP contribution in [0.2, 0.25) is 0 Å². The minimum absolute atomic E-state index is 0.0231. The monoisotopic (exact) mass is 328 g/mol. The van der Waals surface area contributed by atoms with E-state index in [0.717, 1.165) is 33.9 Å². The van der Waals surface area contributed by atoms with Crippen LogP contribution < -0.4 is 11.5 Å². The number of aliphatic hydroxyl groups excluding tert-OH is 1. The van der Waals surface area contributed by atoms with Gasteiger partial charge in [0.15, 0.2) is 0 Å². The van der Waals surface area contributed by atoms with E-state index in [-0.39, 0.29) is 12.3 Å². The summed E-state index contributed by atoms with van der Waals surface area (Å²) in [5.41, 5.74) is 9.67. The van der Waals surface area contributed by atoms with Crippen LogP contribution in [0.3, 0.4) is 0 Å². The molecular weight excluding hydrogens is 304 g/mol. The Morgan fingerprint density at radius 2 is 0.864 bits per heavy atom. The summed E-state index contributed by atoms with van der Waals surface area (Å²) in [5.74, 6) is -3.31. The van der Waals surface area contributed by atoms with Crippen LogP contribution in [0.25, 0.3) is 0 Å². The third kappa shape index (κ3) is 3230. The fourth-order valence-corrected chi connectivity index (χ4v) is 0.0680. The molecule has 0 heterocycles. The summed E-state index contributed by atoms with van der Waals surface area (Å²) >= 11 is 0. The van der Waals surface area contributed by atoms with Crippen LogP contribution >= 0.6 is 0 Å². The topological polar surface area (TPSA) is 221 Å². The van der Waals surface area contributed by atoms with E-state index in [0.29, 0.717) is 0 Å². The summed E-state index contributed by atoms with van der Waals surface area (Å²) in [5, 5.41) is 37.9. The molecule has 11 heteroatoms. The number of carbonyl (C=O) groups is 4. The summed E-state index contributed by atoms with van der Waals surface area (Å²) in [7, 11) is 0. The lowest BCUT2D eigenvalue weighted by atomic mass is 10.5. The number of carboxylic acid groups (broad SMARTS) is 4. The van der Waals surface area contributed by atoms with E-state index < -0.39 is 23.9 Å². The third-order valence-corrected chi connectivity index (χ3v) is 0.402. The predicted molar refractivity (Wildman–Crippen MR) is 77.2 cm³/mol. The molecule has 0 radical (unpaired) electrons. The molecule has 0 fully saturated rings. The zero-order valence-electron chi connectivity index (χ0n) is 12.8. The van der Waals surface area contributed by atoms with Crippen molar-refractivity contribution in [3.05, 3.63) is 12.0 Å². The Hall–Kier alpha value is -2.82. The van der Waals surface area contributed by atoms with Crippen molar-refractivity contribution in [2.75, 3.05) is 6.54 Å². The summed E-state index contributed by atoms with van der Waals surface area (Å²) in [6, 6.07) is 0. The lowest BCUT2D eigenvalue weighted by Gasteiger charge is -1.85. The molecule has 0 unspecified atom stereocenters. The molecule has 0 aromatic carbocycles. The van der Waals surface area contributed by atoms with Gasteiger partial charge >= 0.3 is 0 Å². The van der Waals surface area contributed by atoms with Gasteiger partial charge < -0.3 is 37.0 Å². The Bertz CT molecular complexity index is 276. The average molecular weight is 328 g/mol. The maximum atomic E-state index is 9.00. The molecule has 0 aliphatic heterocycles. The Kier molecular flexibility index (Phi) is 38.2. The molecule has 0 rings (SSSR count). The maximum absolute atomic E-state index is 9.00. The second kappa shape index (κ2) is 26.7. The Morgan fingerprint density at radius 1 is 0.727 bits per heavy atom. The van der Waals surface area contributed by atoms with E-state index in [1.54, 1.807) is 0 Å². The molecule has 132 valence electrons. The molecular formula is C11H24N2O9. The van der Waals surface area contributed by atoms with Crippen molar-refractivity contribution >= 4 is 23.9 Å². The van der Waals surface area contributed by atoms with Gasteiger partial charge in [-0.2, -0.15) is 0 Å². The molecule has 11 nitrogen and oxygen atoms in total. The van der Waals surface area contributed by atoms with E-state index >= 15 is 0 Å². The summed E-state index contributed by atoms with van der Waals surface area (Å²) in [4.78, 5) is 36.0. The quantitative estimate of drug-likeness (QED) is 0.308. The van der Waals surface area contributed by atoms with Gasteiger partial charge in [-0.1, -0.05) is 0 Å². The van der Waals surface area contributed by atoms with Crippen molar-refractivity contribution in [1.82, 2.24) is 0 Å². The predicted octanol–water partition coefficient (Wildman–Crippen LogP) is -0.333. The maximum Gasteiger partial charge on any atom is 0.300 e.